The molecule has 3 aromatic rings. The maximum Gasteiger partial charge on any atom is 0.257 e. The Morgan fingerprint density at radius 3 is 2.07 bits per heavy atom. The van der Waals surface area contributed by atoms with Gasteiger partial charge in [-0.15, -0.1) is 6.58 Å². The number of hydrogen-bond donors (Lipinski definition) is 2. The maximum atomic E-state index is 14.0. The zero-order valence-corrected chi connectivity index (χ0v) is 22.2. The third kappa shape index (κ3) is 6.99. The highest BCUT2D eigenvalue weighted by Gasteiger charge is 2.33. The number of rotatable bonds is 10. The highest BCUT2D eigenvalue weighted by atomic mass is 19.2. The molecule has 3 unspecified atom stereocenters. The van der Waals surface area contributed by atoms with Crippen LogP contribution in [0.4, 0.5) is 22.0 Å². The van der Waals surface area contributed by atoms with Crippen LogP contribution in [0.15, 0.2) is 61.2 Å². The van der Waals surface area contributed by atoms with Gasteiger partial charge in [-0.2, -0.15) is 0 Å². The molecule has 0 bridgehead atoms. The Kier molecular flexibility index (Phi) is 9.87. The first-order valence-corrected chi connectivity index (χ1v) is 12.8. The molecule has 6 nitrogen and oxygen atoms in total. The van der Waals surface area contributed by atoms with E-state index >= 15 is 0 Å². The van der Waals surface area contributed by atoms with Gasteiger partial charge in [0.15, 0.2) is 29.6 Å². The van der Waals surface area contributed by atoms with E-state index in [9.17, 15) is 31.9 Å². The normalized spacial score (nSPS) is 18.9. The van der Waals surface area contributed by atoms with Gasteiger partial charge >= 0.3 is 0 Å². The minimum Gasteiger partial charge on any atom is -0.392 e. The average molecular weight is 577 g/mol. The number of hydrogen-bond acceptors (Lipinski definition) is 5. The number of aliphatic hydroxyl groups is 1. The number of nitrogens with one attached hydrogen (secondary N) is 1. The smallest absolute Gasteiger partial charge is 0.257 e. The molecule has 1 heterocycles. The summed E-state index contributed by atoms with van der Waals surface area (Å²) in [5.41, 5.74) is 1.34. The second kappa shape index (κ2) is 13.3. The molecule has 3 aromatic carbocycles. The topological polar surface area (TPSA) is 71.0 Å². The summed E-state index contributed by atoms with van der Waals surface area (Å²) in [6.07, 6.45) is 1.19. The predicted octanol–water partition coefficient (Wildman–Crippen LogP) is 5.47. The van der Waals surface area contributed by atoms with Gasteiger partial charge in [0.1, 0.15) is 5.56 Å². The van der Waals surface area contributed by atoms with Gasteiger partial charge in [0.25, 0.3) is 5.91 Å². The van der Waals surface area contributed by atoms with Gasteiger partial charge in [0.2, 0.25) is 5.82 Å². The molecule has 1 amide bonds. The predicted molar refractivity (Wildman–Crippen MR) is 140 cm³/mol. The number of aliphatic hydroxyl groups excluding tert-OH is 1. The van der Waals surface area contributed by atoms with E-state index in [2.05, 4.69) is 16.8 Å². The first kappa shape index (κ1) is 30.3. The third-order valence-electron chi connectivity index (χ3n) is 6.71. The van der Waals surface area contributed by atoms with E-state index in [1.807, 2.05) is 31.3 Å². The third-order valence-corrected chi connectivity index (χ3v) is 6.71. The number of carbonyl (C=O) groups is 1. The van der Waals surface area contributed by atoms with Crippen LogP contribution < -0.4 is 5.32 Å². The standard InChI is InChI=1S/C30H29F5N2O4/c1-3-12-37(2)15-21-13-22(19-8-6-18(16-38)7-9-19)41-30(40-21)20-10-4-17(5-11-20)14-36-29(39)23-24(31)26(33)28(35)27(34)25(23)32/h3-11,21-22,30,38H,1,12-16H2,2H3,(H,36,39). The largest absolute Gasteiger partial charge is 0.392 e. The Balaban J connectivity index is 1.47. The number of carbonyl (C=O) groups excluding carboxylic acids is 1. The first-order valence-electron chi connectivity index (χ1n) is 12.8. The van der Waals surface area contributed by atoms with Crippen molar-refractivity contribution in [3.05, 3.63) is 118 Å². The minimum absolute atomic E-state index is 0.0686. The lowest BCUT2D eigenvalue weighted by molar-refractivity contribution is -0.252. The lowest BCUT2D eigenvalue weighted by Gasteiger charge is -2.37. The molecular formula is C30H29F5N2O4. The number of ether oxygens (including phenoxy) is 2. The molecule has 1 aliphatic rings. The van der Waals surface area contributed by atoms with Gasteiger partial charge in [0.05, 0.1) is 18.8 Å². The zero-order valence-electron chi connectivity index (χ0n) is 22.2. The Bertz CT molecular complexity index is 1360. The first-order chi connectivity index (χ1) is 19.6. The van der Waals surface area contributed by atoms with Gasteiger partial charge in [-0.05, 0) is 23.7 Å². The fraction of sp³-hybridized carbons (Fsp3) is 0.300. The van der Waals surface area contributed by atoms with Gasteiger partial charge in [-0.25, -0.2) is 22.0 Å². The van der Waals surface area contributed by atoms with Gasteiger partial charge in [0, 0.05) is 31.6 Å². The van der Waals surface area contributed by atoms with Gasteiger partial charge in [-0.1, -0.05) is 54.6 Å². The van der Waals surface area contributed by atoms with Crippen LogP contribution in [0.2, 0.25) is 0 Å². The minimum atomic E-state index is -2.33. The summed E-state index contributed by atoms with van der Waals surface area (Å²) in [6.45, 7) is 4.76. The summed E-state index contributed by atoms with van der Waals surface area (Å²) < 4.78 is 80.7. The van der Waals surface area contributed by atoms with Crippen LogP contribution in [0.5, 0.6) is 0 Å². The number of likely N-dealkylation sites (N-methyl/N-ethyl adjacent to an activating group) is 1. The van der Waals surface area contributed by atoms with Crippen molar-refractivity contribution in [1.82, 2.24) is 10.2 Å². The maximum absolute atomic E-state index is 14.0. The van der Waals surface area contributed by atoms with Gasteiger partial charge in [-0.3, -0.25) is 4.79 Å². The van der Waals surface area contributed by atoms with E-state index in [4.69, 9.17) is 9.47 Å². The number of halogens is 5. The molecule has 2 N–H and O–H groups in total. The van der Waals surface area contributed by atoms with Crippen molar-refractivity contribution in [2.75, 3.05) is 20.1 Å². The molecule has 1 aliphatic heterocycles. The molecule has 41 heavy (non-hydrogen) atoms. The average Bonchev–Trinajstić information content (AvgIpc) is 2.98. The second-order valence-corrected chi connectivity index (χ2v) is 9.73. The molecule has 218 valence electrons. The second-order valence-electron chi connectivity index (χ2n) is 9.73. The Labute approximate surface area is 234 Å². The number of benzene rings is 3. The van der Waals surface area contributed by atoms with Crippen molar-refractivity contribution < 1.29 is 41.3 Å². The van der Waals surface area contributed by atoms with Gasteiger partial charge < -0.3 is 24.8 Å². The van der Waals surface area contributed by atoms with Crippen molar-refractivity contribution in [1.29, 1.82) is 0 Å². The zero-order chi connectivity index (χ0) is 29.7. The molecule has 0 aromatic heterocycles. The van der Waals surface area contributed by atoms with Crippen LogP contribution in [0.25, 0.3) is 0 Å². The summed E-state index contributed by atoms with van der Waals surface area (Å²) in [6, 6.07) is 14.1. The molecule has 3 atom stereocenters. The van der Waals surface area contributed by atoms with Crippen LogP contribution in [-0.2, 0) is 22.6 Å². The molecular weight excluding hydrogens is 547 g/mol. The van der Waals surface area contributed by atoms with E-state index < -0.39 is 46.8 Å². The van der Waals surface area contributed by atoms with E-state index in [0.29, 0.717) is 30.6 Å². The summed E-state index contributed by atoms with van der Waals surface area (Å²) >= 11 is 0. The van der Waals surface area contributed by atoms with E-state index in [1.165, 1.54) is 0 Å². The highest BCUT2D eigenvalue weighted by molar-refractivity contribution is 5.94. The van der Waals surface area contributed by atoms with Crippen LogP contribution in [0.3, 0.4) is 0 Å². The SMILES string of the molecule is C=CCN(C)CC1CC(c2ccc(CO)cc2)OC(c2ccc(CNC(=O)c3c(F)c(F)c(F)c(F)c3F)cc2)O1. The van der Waals surface area contributed by atoms with E-state index in [-0.39, 0.29) is 25.4 Å². The van der Waals surface area contributed by atoms with Crippen LogP contribution in [0, 0.1) is 29.1 Å². The summed E-state index contributed by atoms with van der Waals surface area (Å²) in [7, 11) is 1.95. The Hall–Kier alpha value is -3.64. The van der Waals surface area contributed by atoms with Crippen molar-refractivity contribution >= 4 is 5.91 Å². The molecule has 4 rings (SSSR count). The van der Waals surface area contributed by atoms with E-state index in [0.717, 1.165) is 11.1 Å². The van der Waals surface area contributed by atoms with Crippen molar-refractivity contribution in [3.8, 4) is 0 Å². The molecule has 0 radical (unpaired) electrons. The molecule has 1 saturated heterocycles. The van der Waals surface area contributed by atoms with Crippen molar-refractivity contribution in [2.45, 2.75) is 38.1 Å². The lowest BCUT2D eigenvalue weighted by Crippen LogP contribution is -2.37. The highest BCUT2D eigenvalue weighted by Crippen LogP contribution is 2.38. The van der Waals surface area contributed by atoms with Crippen molar-refractivity contribution in [2.24, 2.45) is 0 Å². The van der Waals surface area contributed by atoms with Crippen LogP contribution in [-0.4, -0.2) is 42.2 Å². The fourth-order valence-electron chi connectivity index (χ4n) is 4.54. The van der Waals surface area contributed by atoms with Crippen LogP contribution >= 0.6 is 0 Å². The molecule has 0 saturated carbocycles. The summed E-state index contributed by atoms with van der Waals surface area (Å²) in [4.78, 5) is 14.3. The molecule has 1 fully saturated rings. The molecule has 0 spiro atoms. The quantitative estimate of drug-likeness (QED) is 0.145. The molecule has 11 heteroatoms. The molecule has 0 aliphatic carbocycles. The monoisotopic (exact) mass is 576 g/mol. The lowest BCUT2D eigenvalue weighted by atomic mass is 9.99. The summed E-state index contributed by atoms with van der Waals surface area (Å²) in [5.74, 6) is -12.6. The number of amides is 1. The Morgan fingerprint density at radius 2 is 1.49 bits per heavy atom. The Morgan fingerprint density at radius 1 is 0.927 bits per heavy atom. The van der Waals surface area contributed by atoms with Crippen molar-refractivity contribution in [3.63, 3.8) is 0 Å². The van der Waals surface area contributed by atoms with Crippen LogP contribution in [0.1, 0.15) is 51.4 Å². The van der Waals surface area contributed by atoms with E-state index in [1.54, 1.807) is 30.3 Å². The fourth-order valence-corrected chi connectivity index (χ4v) is 4.54. The number of nitrogens with zero attached hydrogens (tertiary/aromatic N) is 1. The summed E-state index contributed by atoms with van der Waals surface area (Å²) in [5, 5.41) is 11.5.